The van der Waals surface area contributed by atoms with Gasteiger partial charge >= 0.3 is 12.0 Å². The predicted octanol–water partition coefficient (Wildman–Crippen LogP) is 3.42. The lowest BCUT2D eigenvalue weighted by Gasteiger charge is -2.10. The molecular formula is C14H16ClN3O3. The highest BCUT2D eigenvalue weighted by molar-refractivity contribution is 6.28. The second-order valence-corrected chi connectivity index (χ2v) is 4.61. The van der Waals surface area contributed by atoms with Crippen LogP contribution in [0.15, 0.2) is 18.2 Å². The van der Waals surface area contributed by atoms with Crippen molar-refractivity contribution in [1.29, 1.82) is 0 Å². The largest absolute Gasteiger partial charge is 0.493 e. The summed E-state index contributed by atoms with van der Waals surface area (Å²) in [5.74, 6) is 1.08. The van der Waals surface area contributed by atoms with Crippen LogP contribution in [0, 0.1) is 6.92 Å². The summed E-state index contributed by atoms with van der Waals surface area (Å²) in [4.78, 5) is 11.9. The van der Waals surface area contributed by atoms with Crippen LogP contribution in [-0.2, 0) is 0 Å². The quantitative estimate of drug-likeness (QED) is 0.814. The van der Waals surface area contributed by atoms with Crippen molar-refractivity contribution in [1.82, 2.24) is 15.0 Å². The number of benzene rings is 1. The number of methoxy groups -OCH3 is 1. The summed E-state index contributed by atoms with van der Waals surface area (Å²) in [5.41, 5.74) is 1.06. The zero-order valence-corrected chi connectivity index (χ0v) is 12.8. The summed E-state index contributed by atoms with van der Waals surface area (Å²) in [6.07, 6.45) is 0.839. The highest BCUT2D eigenvalue weighted by Gasteiger charge is 2.11. The molecule has 1 aromatic heterocycles. The molecule has 0 aliphatic heterocycles. The van der Waals surface area contributed by atoms with E-state index in [1.807, 2.05) is 26.0 Å². The lowest BCUT2D eigenvalue weighted by molar-refractivity contribution is 0.283. The van der Waals surface area contributed by atoms with Gasteiger partial charge in [-0.05, 0) is 42.6 Å². The van der Waals surface area contributed by atoms with Crippen molar-refractivity contribution >= 4 is 11.6 Å². The predicted molar refractivity (Wildman–Crippen MR) is 78.4 cm³/mol. The van der Waals surface area contributed by atoms with E-state index in [4.69, 9.17) is 25.8 Å². The SMILES string of the molecule is CCCOc1nc(Cl)nc(Oc2ccc(C)cc2OC)n1. The van der Waals surface area contributed by atoms with Gasteiger partial charge in [0.25, 0.3) is 0 Å². The van der Waals surface area contributed by atoms with Gasteiger partial charge in [-0.25, -0.2) is 0 Å². The Morgan fingerprint density at radius 3 is 2.57 bits per heavy atom. The van der Waals surface area contributed by atoms with E-state index in [1.54, 1.807) is 13.2 Å². The van der Waals surface area contributed by atoms with Crippen LogP contribution in [0.2, 0.25) is 5.28 Å². The molecule has 6 nitrogen and oxygen atoms in total. The summed E-state index contributed by atoms with van der Waals surface area (Å²) >= 11 is 5.84. The molecule has 0 radical (unpaired) electrons. The molecule has 7 heteroatoms. The summed E-state index contributed by atoms with van der Waals surface area (Å²) in [7, 11) is 1.57. The molecule has 0 spiro atoms. The molecule has 0 fully saturated rings. The van der Waals surface area contributed by atoms with Gasteiger partial charge < -0.3 is 14.2 Å². The summed E-state index contributed by atoms with van der Waals surface area (Å²) in [6.45, 7) is 4.44. The highest BCUT2D eigenvalue weighted by Crippen LogP contribution is 2.31. The van der Waals surface area contributed by atoms with Gasteiger partial charge in [0, 0.05) is 0 Å². The van der Waals surface area contributed by atoms with Crippen LogP contribution in [0.5, 0.6) is 23.5 Å². The number of hydrogen-bond donors (Lipinski definition) is 0. The Hall–Kier alpha value is -2.08. The fraction of sp³-hybridized carbons (Fsp3) is 0.357. The van der Waals surface area contributed by atoms with Crippen LogP contribution in [0.4, 0.5) is 0 Å². The average molecular weight is 310 g/mol. The molecule has 21 heavy (non-hydrogen) atoms. The standard InChI is InChI=1S/C14H16ClN3O3/c1-4-7-20-13-16-12(15)17-14(18-13)21-10-6-5-9(2)8-11(10)19-3/h5-6,8H,4,7H2,1-3H3. The normalized spacial score (nSPS) is 10.3. The maximum atomic E-state index is 5.84. The van der Waals surface area contributed by atoms with Crippen LogP contribution in [-0.4, -0.2) is 28.7 Å². The lowest BCUT2D eigenvalue weighted by atomic mass is 10.2. The highest BCUT2D eigenvalue weighted by atomic mass is 35.5. The van der Waals surface area contributed by atoms with Gasteiger partial charge in [-0.3, -0.25) is 0 Å². The number of aryl methyl sites for hydroxylation is 1. The van der Waals surface area contributed by atoms with E-state index < -0.39 is 0 Å². The van der Waals surface area contributed by atoms with E-state index in [0.717, 1.165) is 12.0 Å². The van der Waals surface area contributed by atoms with Crippen LogP contribution in [0.25, 0.3) is 0 Å². The fourth-order valence-corrected chi connectivity index (χ4v) is 1.72. The minimum Gasteiger partial charge on any atom is -0.493 e. The fourth-order valence-electron chi connectivity index (χ4n) is 1.58. The minimum absolute atomic E-state index is 0.0113. The van der Waals surface area contributed by atoms with Crippen molar-refractivity contribution in [3.05, 3.63) is 29.0 Å². The molecule has 2 rings (SSSR count). The maximum absolute atomic E-state index is 5.84. The topological polar surface area (TPSA) is 66.4 Å². The molecule has 0 N–H and O–H groups in total. The summed E-state index contributed by atoms with van der Waals surface area (Å²) in [6, 6.07) is 5.72. The molecule has 0 aliphatic rings. The van der Waals surface area contributed by atoms with E-state index >= 15 is 0 Å². The minimum atomic E-state index is 0.0113. The molecular weight excluding hydrogens is 294 g/mol. The first kappa shape index (κ1) is 15.3. The monoisotopic (exact) mass is 309 g/mol. The van der Waals surface area contributed by atoms with Gasteiger partial charge in [-0.1, -0.05) is 13.0 Å². The lowest BCUT2D eigenvalue weighted by Crippen LogP contribution is -2.03. The van der Waals surface area contributed by atoms with E-state index in [9.17, 15) is 0 Å². The maximum Gasteiger partial charge on any atom is 0.329 e. The van der Waals surface area contributed by atoms with E-state index in [2.05, 4.69) is 15.0 Å². The number of nitrogens with zero attached hydrogens (tertiary/aromatic N) is 3. The van der Waals surface area contributed by atoms with Crippen molar-refractivity contribution in [2.24, 2.45) is 0 Å². The molecule has 0 bridgehead atoms. The van der Waals surface area contributed by atoms with E-state index in [0.29, 0.717) is 18.1 Å². The van der Waals surface area contributed by atoms with Gasteiger partial charge in [0.1, 0.15) is 0 Å². The molecule has 0 atom stereocenters. The number of rotatable bonds is 6. The van der Waals surface area contributed by atoms with Crippen LogP contribution in [0.1, 0.15) is 18.9 Å². The molecule has 0 amide bonds. The number of hydrogen-bond acceptors (Lipinski definition) is 6. The summed E-state index contributed by atoms with van der Waals surface area (Å²) < 4.78 is 16.2. The second-order valence-electron chi connectivity index (χ2n) is 4.27. The average Bonchev–Trinajstić information content (AvgIpc) is 2.46. The van der Waals surface area contributed by atoms with Gasteiger partial charge in [-0.2, -0.15) is 9.97 Å². The van der Waals surface area contributed by atoms with Gasteiger partial charge in [0.15, 0.2) is 11.5 Å². The summed E-state index contributed by atoms with van der Waals surface area (Å²) in [5, 5.41) is 0.0113. The number of ether oxygens (including phenoxy) is 3. The Bertz CT molecular complexity index is 622. The van der Waals surface area contributed by atoms with Crippen LogP contribution < -0.4 is 14.2 Å². The number of halogens is 1. The van der Waals surface area contributed by atoms with Crippen molar-refractivity contribution in [3.8, 4) is 23.5 Å². The molecule has 0 saturated heterocycles. The Morgan fingerprint density at radius 2 is 1.86 bits per heavy atom. The first-order valence-electron chi connectivity index (χ1n) is 6.49. The molecule has 2 aromatic rings. The molecule has 0 saturated carbocycles. The molecule has 1 aromatic carbocycles. The second kappa shape index (κ2) is 7.08. The van der Waals surface area contributed by atoms with Crippen molar-refractivity contribution in [2.45, 2.75) is 20.3 Å². The van der Waals surface area contributed by atoms with Crippen LogP contribution in [0.3, 0.4) is 0 Å². The van der Waals surface area contributed by atoms with Crippen molar-refractivity contribution in [3.63, 3.8) is 0 Å². The van der Waals surface area contributed by atoms with Crippen molar-refractivity contribution < 1.29 is 14.2 Å². The molecule has 112 valence electrons. The Morgan fingerprint density at radius 1 is 1.10 bits per heavy atom. The molecule has 0 aliphatic carbocycles. The van der Waals surface area contributed by atoms with Crippen molar-refractivity contribution in [2.75, 3.05) is 13.7 Å². The smallest absolute Gasteiger partial charge is 0.329 e. The van der Waals surface area contributed by atoms with E-state index in [1.165, 1.54) is 0 Å². The Kier molecular flexibility index (Phi) is 5.16. The zero-order valence-electron chi connectivity index (χ0n) is 12.1. The van der Waals surface area contributed by atoms with E-state index in [-0.39, 0.29) is 17.3 Å². The van der Waals surface area contributed by atoms with Gasteiger partial charge in [-0.15, -0.1) is 4.98 Å². The van der Waals surface area contributed by atoms with Crippen LogP contribution >= 0.6 is 11.6 Å². The first-order chi connectivity index (χ1) is 10.1. The third kappa shape index (κ3) is 4.19. The molecule has 0 unspecified atom stereocenters. The number of aromatic nitrogens is 3. The molecule has 1 heterocycles. The Balaban J connectivity index is 2.24. The Labute approximate surface area is 128 Å². The van der Waals surface area contributed by atoms with Gasteiger partial charge in [0.05, 0.1) is 13.7 Å². The zero-order chi connectivity index (χ0) is 15.2. The third-order valence-corrected chi connectivity index (χ3v) is 2.69. The first-order valence-corrected chi connectivity index (χ1v) is 6.87. The van der Waals surface area contributed by atoms with Gasteiger partial charge in [0.2, 0.25) is 5.28 Å². The third-order valence-electron chi connectivity index (χ3n) is 2.52.